The second kappa shape index (κ2) is 9.13. The Hall–Kier alpha value is -2.10. The molecular formula is C19H25NO3. The summed E-state index contributed by atoms with van der Waals surface area (Å²) in [5.74, 6) is -0.0175. The topological polar surface area (TPSA) is 55.4 Å². The van der Waals surface area contributed by atoms with Crippen molar-refractivity contribution in [2.45, 2.75) is 45.1 Å². The van der Waals surface area contributed by atoms with Crippen LogP contribution in [0.4, 0.5) is 0 Å². The number of carbonyl (C=O) groups is 2. The second-order valence-corrected chi connectivity index (χ2v) is 5.98. The molecular weight excluding hydrogens is 290 g/mol. The largest absolute Gasteiger partial charge is 0.465 e. The highest BCUT2D eigenvalue weighted by Gasteiger charge is 2.19. The van der Waals surface area contributed by atoms with Crippen molar-refractivity contribution in [1.82, 2.24) is 5.32 Å². The van der Waals surface area contributed by atoms with Gasteiger partial charge in [0.2, 0.25) is 5.91 Å². The molecule has 0 aliphatic carbocycles. The van der Waals surface area contributed by atoms with Crippen LogP contribution in [-0.2, 0) is 14.3 Å². The first kappa shape index (κ1) is 17.3. The summed E-state index contributed by atoms with van der Waals surface area (Å²) in [7, 11) is 0. The Labute approximate surface area is 137 Å². The fourth-order valence-electron chi connectivity index (χ4n) is 2.72. The van der Waals surface area contributed by atoms with Gasteiger partial charge in [-0.15, -0.1) is 0 Å². The molecule has 0 radical (unpaired) electrons. The zero-order valence-electron chi connectivity index (χ0n) is 13.7. The van der Waals surface area contributed by atoms with E-state index >= 15 is 0 Å². The molecule has 1 aliphatic heterocycles. The van der Waals surface area contributed by atoms with Crippen molar-refractivity contribution >= 4 is 11.9 Å². The van der Waals surface area contributed by atoms with E-state index in [2.05, 4.69) is 5.32 Å². The summed E-state index contributed by atoms with van der Waals surface area (Å²) in [5, 5.41) is 3.14. The van der Waals surface area contributed by atoms with E-state index in [0.717, 1.165) is 24.8 Å². The summed E-state index contributed by atoms with van der Waals surface area (Å²) in [6, 6.07) is 9.87. The van der Waals surface area contributed by atoms with Gasteiger partial charge in [0.1, 0.15) is 0 Å². The van der Waals surface area contributed by atoms with Gasteiger partial charge < -0.3 is 10.1 Å². The monoisotopic (exact) mass is 315 g/mol. The molecule has 0 unspecified atom stereocenters. The van der Waals surface area contributed by atoms with Crippen LogP contribution >= 0.6 is 0 Å². The second-order valence-electron chi connectivity index (χ2n) is 5.98. The molecule has 2 rings (SSSR count). The van der Waals surface area contributed by atoms with Gasteiger partial charge in [0.05, 0.1) is 19.1 Å². The summed E-state index contributed by atoms with van der Waals surface area (Å²) >= 11 is 0. The molecule has 0 aromatic heterocycles. The van der Waals surface area contributed by atoms with E-state index in [-0.39, 0.29) is 30.3 Å². The summed E-state index contributed by atoms with van der Waals surface area (Å²) < 4.78 is 5.17. The molecule has 23 heavy (non-hydrogen) atoms. The Bertz CT molecular complexity index is 539. The van der Waals surface area contributed by atoms with Crippen molar-refractivity contribution in [3.8, 4) is 0 Å². The number of ether oxygens (including phenoxy) is 1. The number of nitrogens with one attached hydrogen (secondary N) is 1. The zero-order chi connectivity index (χ0) is 16.5. The van der Waals surface area contributed by atoms with Gasteiger partial charge in [0, 0.05) is 6.42 Å². The highest BCUT2D eigenvalue weighted by molar-refractivity contribution is 5.76. The third-order valence-electron chi connectivity index (χ3n) is 4.04. The molecule has 1 aliphatic rings. The molecule has 0 saturated heterocycles. The molecule has 4 heteroatoms. The molecule has 1 heterocycles. The molecule has 1 amide bonds. The van der Waals surface area contributed by atoms with E-state index in [9.17, 15) is 9.59 Å². The minimum Gasteiger partial charge on any atom is -0.465 e. The van der Waals surface area contributed by atoms with Gasteiger partial charge in [-0.05, 0) is 30.7 Å². The van der Waals surface area contributed by atoms with Gasteiger partial charge >= 0.3 is 5.97 Å². The quantitative estimate of drug-likeness (QED) is 0.637. The number of amides is 1. The Morgan fingerprint density at radius 1 is 1.09 bits per heavy atom. The molecule has 1 aromatic carbocycles. The molecule has 1 aromatic rings. The van der Waals surface area contributed by atoms with Crippen LogP contribution in [0, 0.1) is 5.92 Å². The fourth-order valence-corrected chi connectivity index (χ4v) is 2.72. The van der Waals surface area contributed by atoms with Gasteiger partial charge in [-0.1, -0.05) is 49.4 Å². The van der Waals surface area contributed by atoms with E-state index in [4.69, 9.17) is 4.74 Å². The van der Waals surface area contributed by atoms with Crippen molar-refractivity contribution in [3.05, 3.63) is 48.0 Å². The van der Waals surface area contributed by atoms with Crippen LogP contribution in [0.15, 0.2) is 42.5 Å². The zero-order valence-corrected chi connectivity index (χ0v) is 13.7. The van der Waals surface area contributed by atoms with Crippen LogP contribution in [0.2, 0.25) is 0 Å². The average Bonchev–Trinajstić information content (AvgIpc) is 2.55. The van der Waals surface area contributed by atoms with Crippen molar-refractivity contribution < 1.29 is 14.3 Å². The number of hydrogen-bond donors (Lipinski definition) is 1. The van der Waals surface area contributed by atoms with E-state index in [1.54, 1.807) is 0 Å². The smallest absolute Gasteiger partial charge is 0.309 e. The minimum absolute atomic E-state index is 0.0770. The Balaban J connectivity index is 2.14. The molecule has 0 saturated carbocycles. The first-order valence-electron chi connectivity index (χ1n) is 8.33. The van der Waals surface area contributed by atoms with Crippen molar-refractivity contribution in [3.63, 3.8) is 0 Å². The number of cyclic esters (lactones) is 1. The number of rotatable bonds is 1. The maximum absolute atomic E-state index is 12.2. The van der Waals surface area contributed by atoms with Crippen LogP contribution in [-0.4, -0.2) is 18.5 Å². The van der Waals surface area contributed by atoms with E-state index in [0.29, 0.717) is 13.0 Å². The van der Waals surface area contributed by atoms with E-state index in [1.807, 2.05) is 49.4 Å². The van der Waals surface area contributed by atoms with Crippen LogP contribution in [0.3, 0.4) is 0 Å². The third kappa shape index (κ3) is 5.89. The van der Waals surface area contributed by atoms with Gasteiger partial charge in [-0.3, -0.25) is 9.59 Å². The molecule has 1 N–H and O–H groups in total. The highest BCUT2D eigenvalue weighted by atomic mass is 16.5. The SMILES string of the molecule is C[C@@H]1/C=C\CC(=O)OCCCCCC(=O)N[C@@H]1c1ccccc1. The number of esters is 1. The summed E-state index contributed by atoms with van der Waals surface area (Å²) in [5.41, 5.74) is 1.08. The lowest BCUT2D eigenvalue weighted by molar-refractivity contribution is -0.142. The molecule has 0 spiro atoms. The van der Waals surface area contributed by atoms with Gasteiger partial charge in [-0.2, -0.15) is 0 Å². The highest BCUT2D eigenvalue weighted by Crippen LogP contribution is 2.23. The predicted molar refractivity (Wildman–Crippen MR) is 89.7 cm³/mol. The lowest BCUT2D eigenvalue weighted by Crippen LogP contribution is -2.32. The standard InChI is InChI=1S/C19H25NO3/c1-15-9-8-13-18(22)23-14-7-3-6-12-17(21)20-19(15)16-10-4-2-5-11-16/h2,4-5,8-11,15,19H,3,6-7,12-14H2,1H3,(H,20,21)/b9-8-/t15-,19+/m1/s1. The van der Waals surface area contributed by atoms with E-state index in [1.165, 1.54) is 0 Å². The summed E-state index contributed by atoms with van der Waals surface area (Å²) in [6.07, 6.45) is 7.11. The Kier molecular flexibility index (Phi) is 6.85. The first-order valence-corrected chi connectivity index (χ1v) is 8.33. The Morgan fingerprint density at radius 3 is 2.65 bits per heavy atom. The maximum Gasteiger partial charge on any atom is 0.309 e. The minimum atomic E-state index is -0.189. The number of hydrogen-bond acceptors (Lipinski definition) is 3. The van der Waals surface area contributed by atoms with Crippen LogP contribution < -0.4 is 5.32 Å². The first-order chi connectivity index (χ1) is 11.2. The lowest BCUT2D eigenvalue weighted by atomic mass is 9.93. The van der Waals surface area contributed by atoms with E-state index < -0.39 is 0 Å². The van der Waals surface area contributed by atoms with Crippen molar-refractivity contribution in [2.75, 3.05) is 6.61 Å². The van der Waals surface area contributed by atoms with Crippen LogP contribution in [0.1, 0.15) is 50.6 Å². The maximum atomic E-state index is 12.2. The van der Waals surface area contributed by atoms with Crippen LogP contribution in [0.25, 0.3) is 0 Å². The van der Waals surface area contributed by atoms with Gasteiger partial charge in [-0.25, -0.2) is 0 Å². The van der Waals surface area contributed by atoms with Crippen molar-refractivity contribution in [1.29, 1.82) is 0 Å². The average molecular weight is 315 g/mol. The fraction of sp³-hybridized carbons (Fsp3) is 0.474. The normalized spacial score (nSPS) is 25.8. The van der Waals surface area contributed by atoms with Gasteiger partial charge in [0.25, 0.3) is 0 Å². The predicted octanol–water partition coefficient (Wildman–Crippen LogP) is 3.54. The number of carbonyl (C=O) groups excluding carboxylic acids is 2. The molecule has 124 valence electrons. The number of benzene rings is 1. The Morgan fingerprint density at radius 2 is 1.87 bits per heavy atom. The molecule has 0 bridgehead atoms. The summed E-state index contributed by atoms with van der Waals surface area (Å²) in [4.78, 5) is 23.8. The van der Waals surface area contributed by atoms with Gasteiger partial charge in [0.15, 0.2) is 0 Å². The van der Waals surface area contributed by atoms with Crippen LogP contribution in [0.5, 0.6) is 0 Å². The molecule has 4 nitrogen and oxygen atoms in total. The summed E-state index contributed by atoms with van der Waals surface area (Å²) in [6.45, 7) is 2.49. The molecule has 2 atom stereocenters. The molecule has 0 fully saturated rings. The van der Waals surface area contributed by atoms with Crippen molar-refractivity contribution in [2.24, 2.45) is 5.92 Å². The third-order valence-corrected chi connectivity index (χ3v) is 4.04. The lowest BCUT2D eigenvalue weighted by Gasteiger charge is -2.24.